The fourth-order valence-corrected chi connectivity index (χ4v) is 4.31. The largest absolute Gasteiger partial charge is 0.452 e. The van der Waals surface area contributed by atoms with Crippen LogP contribution in [-0.4, -0.2) is 41.5 Å². The zero-order chi connectivity index (χ0) is 18.8. The Morgan fingerprint density at radius 3 is 2.85 bits per heavy atom. The van der Waals surface area contributed by atoms with Crippen LogP contribution in [-0.2, 0) is 22.4 Å². The van der Waals surface area contributed by atoms with E-state index >= 15 is 0 Å². The number of fused-ring (bicyclic) bond motifs is 2. The SMILES string of the molecule is C[C@@H]1CCCN(C(=O)COC(=O)c2c3c(nc4ccccc24)CCCC3)C1. The molecule has 1 aliphatic heterocycles. The van der Waals surface area contributed by atoms with E-state index in [0.717, 1.165) is 73.8 Å². The number of benzene rings is 1. The first-order chi connectivity index (χ1) is 13.1. The van der Waals surface area contributed by atoms with Gasteiger partial charge in [0, 0.05) is 24.2 Å². The van der Waals surface area contributed by atoms with E-state index in [1.165, 1.54) is 0 Å². The Balaban J connectivity index is 1.56. The second-order valence-corrected chi connectivity index (χ2v) is 7.80. The van der Waals surface area contributed by atoms with Crippen LogP contribution in [0.4, 0.5) is 0 Å². The van der Waals surface area contributed by atoms with E-state index < -0.39 is 5.97 Å². The third kappa shape index (κ3) is 3.68. The number of aromatic nitrogens is 1. The lowest BCUT2D eigenvalue weighted by Crippen LogP contribution is -2.41. The van der Waals surface area contributed by atoms with Crippen molar-refractivity contribution in [1.82, 2.24) is 9.88 Å². The number of likely N-dealkylation sites (tertiary alicyclic amines) is 1. The molecule has 0 spiro atoms. The van der Waals surface area contributed by atoms with Crippen LogP contribution in [0.2, 0.25) is 0 Å². The lowest BCUT2D eigenvalue weighted by Gasteiger charge is -2.30. The van der Waals surface area contributed by atoms with Crippen LogP contribution in [0.25, 0.3) is 10.9 Å². The number of para-hydroxylation sites is 1. The van der Waals surface area contributed by atoms with Crippen molar-refractivity contribution in [3.8, 4) is 0 Å². The molecule has 1 atom stereocenters. The van der Waals surface area contributed by atoms with Crippen molar-refractivity contribution < 1.29 is 14.3 Å². The summed E-state index contributed by atoms with van der Waals surface area (Å²) in [5, 5.41) is 0.821. The average Bonchev–Trinajstić information content (AvgIpc) is 2.70. The fourth-order valence-electron chi connectivity index (χ4n) is 4.31. The molecule has 27 heavy (non-hydrogen) atoms. The number of piperidine rings is 1. The first-order valence-corrected chi connectivity index (χ1v) is 9.99. The molecular formula is C22H26N2O3. The minimum atomic E-state index is -0.398. The molecule has 1 amide bonds. The van der Waals surface area contributed by atoms with E-state index in [9.17, 15) is 9.59 Å². The minimum absolute atomic E-state index is 0.0953. The summed E-state index contributed by atoms with van der Waals surface area (Å²) in [6.45, 7) is 3.48. The number of rotatable bonds is 3. The smallest absolute Gasteiger partial charge is 0.339 e. The summed E-state index contributed by atoms with van der Waals surface area (Å²) in [6, 6.07) is 7.69. The van der Waals surface area contributed by atoms with E-state index in [1.807, 2.05) is 29.2 Å². The van der Waals surface area contributed by atoms with Crippen LogP contribution in [0, 0.1) is 5.92 Å². The average molecular weight is 366 g/mol. The Kier molecular flexibility index (Phi) is 5.10. The van der Waals surface area contributed by atoms with Gasteiger partial charge in [-0.1, -0.05) is 25.1 Å². The number of pyridine rings is 1. The van der Waals surface area contributed by atoms with Crippen LogP contribution in [0.3, 0.4) is 0 Å². The van der Waals surface area contributed by atoms with Crippen molar-refractivity contribution in [3.63, 3.8) is 0 Å². The summed E-state index contributed by atoms with van der Waals surface area (Å²) in [4.78, 5) is 32.0. The molecular weight excluding hydrogens is 340 g/mol. The van der Waals surface area contributed by atoms with Gasteiger partial charge in [0.2, 0.25) is 0 Å². The Labute approximate surface area is 159 Å². The van der Waals surface area contributed by atoms with Gasteiger partial charge in [-0.15, -0.1) is 0 Å². The van der Waals surface area contributed by atoms with Crippen LogP contribution >= 0.6 is 0 Å². The number of aryl methyl sites for hydroxylation is 1. The summed E-state index contributed by atoms with van der Waals surface area (Å²) in [7, 11) is 0. The summed E-state index contributed by atoms with van der Waals surface area (Å²) in [5.41, 5.74) is 3.43. The number of carbonyl (C=O) groups excluding carboxylic acids is 2. The third-order valence-electron chi connectivity index (χ3n) is 5.71. The van der Waals surface area contributed by atoms with E-state index in [2.05, 4.69) is 6.92 Å². The van der Waals surface area contributed by atoms with Crippen LogP contribution in [0.5, 0.6) is 0 Å². The Morgan fingerprint density at radius 1 is 1.19 bits per heavy atom. The number of amides is 1. The topological polar surface area (TPSA) is 59.5 Å². The maximum atomic E-state index is 13.0. The van der Waals surface area contributed by atoms with Crippen LogP contribution in [0.15, 0.2) is 24.3 Å². The predicted octanol–water partition coefficient (Wildman–Crippen LogP) is 3.53. The molecule has 5 nitrogen and oxygen atoms in total. The third-order valence-corrected chi connectivity index (χ3v) is 5.71. The van der Waals surface area contributed by atoms with E-state index in [1.54, 1.807) is 0 Å². The molecule has 0 radical (unpaired) electrons. The van der Waals surface area contributed by atoms with Gasteiger partial charge in [0.15, 0.2) is 6.61 Å². The number of nitrogens with zero attached hydrogens (tertiary/aromatic N) is 2. The molecule has 1 fully saturated rings. The molecule has 0 N–H and O–H groups in total. The molecule has 1 aromatic carbocycles. The van der Waals surface area contributed by atoms with Crippen molar-refractivity contribution in [2.45, 2.75) is 45.4 Å². The van der Waals surface area contributed by atoms with Gasteiger partial charge in [-0.2, -0.15) is 0 Å². The van der Waals surface area contributed by atoms with Crippen LogP contribution < -0.4 is 0 Å². The first kappa shape index (κ1) is 18.0. The zero-order valence-electron chi connectivity index (χ0n) is 15.9. The van der Waals surface area contributed by atoms with Gasteiger partial charge in [-0.05, 0) is 56.1 Å². The second kappa shape index (κ2) is 7.67. The maximum Gasteiger partial charge on any atom is 0.339 e. The zero-order valence-corrected chi connectivity index (χ0v) is 15.9. The number of ether oxygens (including phenoxy) is 1. The molecule has 1 aromatic heterocycles. The number of esters is 1. The molecule has 4 rings (SSSR count). The first-order valence-electron chi connectivity index (χ1n) is 9.99. The number of hydrogen-bond acceptors (Lipinski definition) is 4. The summed E-state index contributed by atoms with van der Waals surface area (Å²) >= 11 is 0. The van der Waals surface area contributed by atoms with Crippen molar-refractivity contribution >= 4 is 22.8 Å². The van der Waals surface area contributed by atoms with Crippen molar-refractivity contribution in [1.29, 1.82) is 0 Å². The highest BCUT2D eigenvalue weighted by Gasteiger charge is 2.26. The molecule has 2 heterocycles. The molecule has 5 heteroatoms. The number of hydrogen-bond donors (Lipinski definition) is 0. The summed E-state index contributed by atoms with van der Waals surface area (Å²) in [6.07, 6.45) is 6.05. The molecule has 0 bridgehead atoms. The summed E-state index contributed by atoms with van der Waals surface area (Å²) < 4.78 is 5.49. The second-order valence-electron chi connectivity index (χ2n) is 7.80. The maximum absolute atomic E-state index is 13.0. The standard InChI is InChI=1S/C22H26N2O3/c1-15-7-6-12-24(13-15)20(25)14-27-22(26)21-16-8-2-4-10-18(16)23-19-11-5-3-9-17(19)21/h2,4,8,10,15H,3,5-7,9,11-14H2,1H3/t15-/m1/s1. The Bertz CT molecular complexity index is 877. The van der Waals surface area contributed by atoms with Gasteiger partial charge in [-0.3, -0.25) is 9.78 Å². The highest BCUT2D eigenvalue weighted by atomic mass is 16.5. The monoisotopic (exact) mass is 366 g/mol. The van der Waals surface area contributed by atoms with Crippen LogP contribution in [0.1, 0.15) is 54.2 Å². The molecule has 2 aliphatic rings. The van der Waals surface area contributed by atoms with Crippen molar-refractivity contribution in [3.05, 3.63) is 41.1 Å². The predicted molar refractivity (Wildman–Crippen MR) is 104 cm³/mol. The van der Waals surface area contributed by atoms with E-state index in [0.29, 0.717) is 11.5 Å². The van der Waals surface area contributed by atoms with Gasteiger partial charge < -0.3 is 9.64 Å². The van der Waals surface area contributed by atoms with Gasteiger partial charge in [0.25, 0.3) is 5.91 Å². The Morgan fingerprint density at radius 2 is 2.00 bits per heavy atom. The summed E-state index contributed by atoms with van der Waals surface area (Å²) in [5.74, 6) is 0.0156. The molecule has 0 saturated carbocycles. The molecule has 2 aromatic rings. The quantitative estimate of drug-likeness (QED) is 0.780. The van der Waals surface area contributed by atoms with E-state index in [4.69, 9.17) is 9.72 Å². The van der Waals surface area contributed by atoms with Gasteiger partial charge >= 0.3 is 5.97 Å². The van der Waals surface area contributed by atoms with Gasteiger partial charge in [0.05, 0.1) is 11.1 Å². The van der Waals surface area contributed by atoms with Gasteiger partial charge in [-0.25, -0.2) is 4.79 Å². The molecule has 1 saturated heterocycles. The highest BCUT2D eigenvalue weighted by Crippen LogP contribution is 2.29. The van der Waals surface area contributed by atoms with Crippen molar-refractivity contribution in [2.24, 2.45) is 5.92 Å². The molecule has 0 unspecified atom stereocenters. The van der Waals surface area contributed by atoms with E-state index in [-0.39, 0.29) is 12.5 Å². The lowest BCUT2D eigenvalue weighted by molar-refractivity contribution is -0.136. The highest BCUT2D eigenvalue weighted by molar-refractivity contribution is 6.05. The van der Waals surface area contributed by atoms with Crippen molar-refractivity contribution in [2.75, 3.05) is 19.7 Å². The molecule has 142 valence electrons. The lowest BCUT2D eigenvalue weighted by atomic mass is 9.90. The minimum Gasteiger partial charge on any atom is -0.452 e. The van der Waals surface area contributed by atoms with Gasteiger partial charge in [0.1, 0.15) is 0 Å². The normalized spacial score (nSPS) is 19.6. The molecule has 1 aliphatic carbocycles. The Hall–Kier alpha value is -2.43. The number of carbonyl (C=O) groups is 2. The fraction of sp³-hybridized carbons (Fsp3) is 0.500.